The predicted molar refractivity (Wildman–Crippen MR) is 67.9 cm³/mol. The quantitative estimate of drug-likeness (QED) is 0.614. The van der Waals surface area contributed by atoms with Gasteiger partial charge in [0.15, 0.2) is 5.75 Å². The van der Waals surface area contributed by atoms with Gasteiger partial charge >= 0.3 is 0 Å². The molecule has 1 atom stereocenters. The Morgan fingerprint density at radius 1 is 1.44 bits per heavy atom. The topological polar surface area (TPSA) is 78.0 Å². The lowest BCUT2D eigenvalue weighted by Gasteiger charge is -2.17. The Morgan fingerprint density at radius 2 is 2.22 bits per heavy atom. The summed E-state index contributed by atoms with van der Waals surface area (Å²) in [6.07, 6.45) is 1.66. The lowest BCUT2D eigenvalue weighted by atomic mass is 10.1. The standard InChI is InChI=1S/C12H17N5O/c1-8-5-4-6-9(15-8)11(16-13)12-10(18-3)7-14-17(12)2/h4-7,11,16H,13H2,1-3H3. The predicted octanol–water partition coefficient (Wildman–Crippen LogP) is 0.685. The number of rotatable bonds is 4. The highest BCUT2D eigenvalue weighted by Gasteiger charge is 2.22. The van der Waals surface area contributed by atoms with Crippen LogP contribution in [0.15, 0.2) is 24.4 Å². The molecule has 2 aromatic rings. The Bertz CT molecular complexity index is 537. The van der Waals surface area contributed by atoms with Gasteiger partial charge in [0, 0.05) is 12.7 Å². The maximum absolute atomic E-state index is 5.65. The fourth-order valence-corrected chi connectivity index (χ4v) is 1.94. The zero-order valence-corrected chi connectivity index (χ0v) is 10.7. The lowest BCUT2D eigenvalue weighted by molar-refractivity contribution is 0.400. The molecule has 0 aliphatic heterocycles. The second kappa shape index (κ2) is 5.16. The summed E-state index contributed by atoms with van der Waals surface area (Å²) in [7, 11) is 3.45. The third-order valence-electron chi connectivity index (χ3n) is 2.81. The van der Waals surface area contributed by atoms with Crippen LogP contribution in [0, 0.1) is 6.92 Å². The second-order valence-electron chi connectivity index (χ2n) is 4.03. The molecule has 0 aliphatic rings. The molecule has 6 nitrogen and oxygen atoms in total. The number of hydrogen-bond donors (Lipinski definition) is 2. The highest BCUT2D eigenvalue weighted by molar-refractivity contribution is 5.34. The lowest BCUT2D eigenvalue weighted by Crippen LogP contribution is -2.31. The summed E-state index contributed by atoms with van der Waals surface area (Å²) in [5.74, 6) is 6.34. The van der Waals surface area contributed by atoms with Crippen LogP contribution < -0.4 is 16.0 Å². The largest absolute Gasteiger partial charge is 0.493 e. The van der Waals surface area contributed by atoms with E-state index in [-0.39, 0.29) is 6.04 Å². The van der Waals surface area contributed by atoms with E-state index in [1.54, 1.807) is 18.0 Å². The molecule has 0 saturated heterocycles. The van der Waals surface area contributed by atoms with Crippen molar-refractivity contribution in [2.45, 2.75) is 13.0 Å². The molecule has 0 aromatic carbocycles. The van der Waals surface area contributed by atoms with Crippen molar-refractivity contribution in [3.05, 3.63) is 41.5 Å². The van der Waals surface area contributed by atoms with Gasteiger partial charge in [0.2, 0.25) is 0 Å². The van der Waals surface area contributed by atoms with Gasteiger partial charge in [-0.1, -0.05) is 6.07 Å². The fraction of sp³-hybridized carbons (Fsp3) is 0.333. The van der Waals surface area contributed by atoms with Crippen molar-refractivity contribution in [2.24, 2.45) is 12.9 Å². The molecule has 96 valence electrons. The summed E-state index contributed by atoms with van der Waals surface area (Å²) in [5.41, 5.74) is 5.38. The third kappa shape index (κ3) is 2.20. The average molecular weight is 247 g/mol. The van der Waals surface area contributed by atoms with E-state index in [2.05, 4.69) is 15.5 Å². The van der Waals surface area contributed by atoms with E-state index in [1.807, 2.05) is 32.2 Å². The minimum Gasteiger partial charge on any atom is -0.493 e. The Morgan fingerprint density at radius 3 is 2.83 bits per heavy atom. The molecule has 2 rings (SSSR count). The molecule has 0 bridgehead atoms. The van der Waals surface area contributed by atoms with Crippen molar-refractivity contribution < 1.29 is 4.74 Å². The van der Waals surface area contributed by atoms with Gasteiger partial charge in [0.05, 0.1) is 19.0 Å². The summed E-state index contributed by atoms with van der Waals surface area (Å²) >= 11 is 0. The molecular weight excluding hydrogens is 230 g/mol. The number of ether oxygens (including phenoxy) is 1. The summed E-state index contributed by atoms with van der Waals surface area (Å²) < 4.78 is 7.02. The van der Waals surface area contributed by atoms with E-state index in [1.165, 1.54) is 0 Å². The van der Waals surface area contributed by atoms with Crippen LogP contribution >= 0.6 is 0 Å². The normalized spacial score (nSPS) is 12.4. The smallest absolute Gasteiger partial charge is 0.162 e. The summed E-state index contributed by atoms with van der Waals surface area (Å²) in [6, 6.07) is 5.55. The van der Waals surface area contributed by atoms with E-state index in [0.29, 0.717) is 5.75 Å². The zero-order valence-electron chi connectivity index (χ0n) is 10.7. The van der Waals surface area contributed by atoms with Crippen LogP contribution in [-0.4, -0.2) is 21.9 Å². The van der Waals surface area contributed by atoms with Crippen LogP contribution in [0.5, 0.6) is 5.75 Å². The van der Waals surface area contributed by atoms with Gasteiger partial charge in [-0.3, -0.25) is 15.5 Å². The van der Waals surface area contributed by atoms with Crippen molar-refractivity contribution in [2.75, 3.05) is 7.11 Å². The number of aromatic nitrogens is 3. The van der Waals surface area contributed by atoms with Crippen LogP contribution in [0.3, 0.4) is 0 Å². The summed E-state index contributed by atoms with van der Waals surface area (Å²) in [4.78, 5) is 4.48. The molecule has 1 unspecified atom stereocenters. The number of nitrogens with zero attached hydrogens (tertiary/aromatic N) is 3. The number of pyridine rings is 1. The zero-order chi connectivity index (χ0) is 13.1. The molecule has 0 amide bonds. The first-order valence-corrected chi connectivity index (χ1v) is 5.63. The Labute approximate surface area is 106 Å². The number of nitrogens with two attached hydrogens (primary N) is 1. The highest BCUT2D eigenvalue weighted by atomic mass is 16.5. The van der Waals surface area contributed by atoms with Crippen LogP contribution in [0.4, 0.5) is 0 Å². The molecule has 2 heterocycles. The van der Waals surface area contributed by atoms with Crippen LogP contribution in [0.25, 0.3) is 0 Å². The first-order valence-electron chi connectivity index (χ1n) is 5.63. The number of nitrogens with one attached hydrogen (secondary N) is 1. The van der Waals surface area contributed by atoms with Crippen LogP contribution in [0.1, 0.15) is 23.1 Å². The number of aryl methyl sites for hydroxylation is 2. The maximum atomic E-state index is 5.65. The van der Waals surface area contributed by atoms with Gasteiger partial charge in [0.1, 0.15) is 11.7 Å². The number of hydrogen-bond acceptors (Lipinski definition) is 5. The van der Waals surface area contributed by atoms with Crippen molar-refractivity contribution >= 4 is 0 Å². The Hall–Kier alpha value is -1.92. The van der Waals surface area contributed by atoms with E-state index >= 15 is 0 Å². The molecule has 0 saturated carbocycles. The van der Waals surface area contributed by atoms with E-state index in [4.69, 9.17) is 10.6 Å². The van der Waals surface area contributed by atoms with Gasteiger partial charge < -0.3 is 4.74 Å². The molecule has 0 fully saturated rings. The van der Waals surface area contributed by atoms with Crippen LogP contribution in [-0.2, 0) is 7.05 Å². The number of methoxy groups -OCH3 is 1. The molecule has 6 heteroatoms. The Balaban J connectivity index is 2.48. The molecule has 18 heavy (non-hydrogen) atoms. The summed E-state index contributed by atoms with van der Waals surface area (Å²) in [6.45, 7) is 1.94. The monoisotopic (exact) mass is 247 g/mol. The van der Waals surface area contributed by atoms with Gasteiger partial charge in [-0.25, -0.2) is 5.43 Å². The molecule has 0 radical (unpaired) electrons. The van der Waals surface area contributed by atoms with Crippen molar-refractivity contribution in [3.8, 4) is 5.75 Å². The van der Waals surface area contributed by atoms with E-state index in [0.717, 1.165) is 17.1 Å². The second-order valence-corrected chi connectivity index (χ2v) is 4.03. The van der Waals surface area contributed by atoms with Crippen molar-refractivity contribution in [1.29, 1.82) is 0 Å². The average Bonchev–Trinajstić information content (AvgIpc) is 2.72. The minimum absolute atomic E-state index is 0.257. The molecule has 3 N–H and O–H groups in total. The van der Waals surface area contributed by atoms with Crippen molar-refractivity contribution in [1.82, 2.24) is 20.2 Å². The number of hydrazine groups is 1. The van der Waals surface area contributed by atoms with Crippen LogP contribution in [0.2, 0.25) is 0 Å². The highest BCUT2D eigenvalue weighted by Crippen LogP contribution is 2.27. The first-order chi connectivity index (χ1) is 8.67. The van der Waals surface area contributed by atoms with E-state index < -0.39 is 0 Å². The fourth-order valence-electron chi connectivity index (χ4n) is 1.94. The SMILES string of the molecule is COc1cnn(C)c1C(NN)c1cccc(C)n1. The molecular formula is C12H17N5O. The minimum atomic E-state index is -0.257. The maximum Gasteiger partial charge on any atom is 0.162 e. The third-order valence-corrected chi connectivity index (χ3v) is 2.81. The van der Waals surface area contributed by atoms with Gasteiger partial charge in [-0.2, -0.15) is 5.10 Å². The summed E-state index contributed by atoms with van der Waals surface area (Å²) in [5, 5.41) is 4.17. The molecule has 0 spiro atoms. The first kappa shape index (κ1) is 12.5. The van der Waals surface area contributed by atoms with Gasteiger partial charge in [0.25, 0.3) is 0 Å². The molecule has 0 aliphatic carbocycles. The van der Waals surface area contributed by atoms with Gasteiger partial charge in [-0.05, 0) is 19.1 Å². The van der Waals surface area contributed by atoms with Gasteiger partial charge in [-0.15, -0.1) is 0 Å². The molecule has 2 aromatic heterocycles. The Kier molecular flexibility index (Phi) is 3.59. The van der Waals surface area contributed by atoms with E-state index in [9.17, 15) is 0 Å². The van der Waals surface area contributed by atoms with Crippen molar-refractivity contribution in [3.63, 3.8) is 0 Å².